The van der Waals surface area contributed by atoms with Crippen molar-refractivity contribution in [3.63, 3.8) is 0 Å². The Morgan fingerprint density at radius 1 is 1.46 bits per heavy atom. The van der Waals surface area contributed by atoms with E-state index in [0.717, 1.165) is 18.2 Å². The summed E-state index contributed by atoms with van der Waals surface area (Å²) in [7, 11) is 1.98. The summed E-state index contributed by atoms with van der Waals surface area (Å²) >= 11 is 0. The number of nitrogens with two attached hydrogens (primary N) is 1. The molecule has 0 fully saturated rings. The lowest BCUT2D eigenvalue weighted by atomic mass is 10.1. The van der Waals surface area contributed by atoms with Gasteiger partial charge in [0.05, 0.1) is 0 Å². The van der Waals surface area contributed by atoms with E-state index in [9.17, 15) is 0 Å². The predicted molar refractivity (Wildman–Crippen MR) is 55.0 cm³/mol. The average Bonchev–Trinajstić information content (AvgIpc) is 2.31. The molecule has 3 heteroatoms. The summed E-state index contributed by atoms with van der Waals surface area (Å²) in [6.07, 6.45) is 0. The molecule has 2 N–H and O–H groups in total. The van der Waals surface area contributed by atoms with Gasteiger partial charge in [0.2, 0.25) is 0 Å². The fourth-order valence-corrected chi connectivity index (χ4v) is 1.32. The maximum atomic E-state index is 5.90. The molecule has 0 saturated carbocycles. The van der Waals surface area contributed by atoms with Crippen LogP contribution in [-0.4, -0.2) is 19.1 Å². The van der Waals surface area contributed by atoms with Crippen LogP contribution in [0.5, 0.6) is 0 Å². The van der Waals surface area contributed by atoms with Crippen LogP contribution in [-0.2, 0) is 0 Å². The highest BCUT2D eigenvalue weighted by atomic mass is 16.4. The second-order valence-electron chi connectivity index (χ2n) is 4.23. The lowest BCUT2D eigenvalue weighted by Crippen LogP contribution is -2.43. The zero-order chi connectivity index (χ0) is 10.1. The molecule has 1 rings (SSSR count). The first-order valence-corrected chi connectivity index (χ1v) is 4.45. The van der Waals surface area contributed by atoms with Crippen molar-refractivity contribution in [3.8, 4) is 0 Å². The molecule has 0 aliphatic heterocycles. The Labute approximate surface area is 79.5 Å². The molecule has 0 amide bonds. The third kappa shape index (κ3) is 3.11. The van der Waals surface area contributed by atoms with Gasteiger partial charge < -0.3 is 15.1 Å². The molecule has 0 bridgehead atoms. The molecule has 0 aliphatic rings. The van der Waals surface area contributed by atoms with Crippen LogP contribution >= 0.6 is 0 Å². The fourth-order valence-electron chi connectivity index (χ4n) is 1.32. The fraction of sp³-hybridized carbons (Fsp3) is 0.600. The Bertz CT molecular complexity index is 273. The maximum Gasteiger partial charge on any atom is 0.195 e. The smallest absolute Gasteiger partial charge is 0.195 e. The summed E-state index contributed by atoms with van der Waals surface area (Å²) in [6, 6.07) is 3.91. The number of hydrogen-bond donors (Lipinski definition) is 1. The van der Waals surface area contributed by atoms with E-state index >= 15 is 0 Å². The van der Waals surface area contributed by atoms with Crippen molar-refractivity contribution in [1.29, 1.82) is 0 Å². The van der Waals surface area contributed by atoms with Gasteiger partial charge in [-0.3, -0.25) is 0 Å². The van der Waals surface area contributed by atoms with Crippen molar-refractivity contribution in [3.05, 3.63) is 17.9 Å². The summed E-state index contributed by atoms with van der Waals surface area (Å²) < 4.78 is 5.46. The molecule has 0 unspecified atom stereocenters. The van der Waals surface area contributed by atoms with Crippen molar-refractivity contribution in [1.82, 2.24) is 0 Å². The molecule has 3 nitrogen and oxygen atoms in total. The first kappa shape index (κ1) is 10.1. The quantitative estimate of drug-likeness (QED) is 0.774. The van der Waals surface area contributed by atoms with E-state index in [0.29, 0.717) is 0 Å². The van der Waals surface area contributed by atoms with Gasteiger partial charge in [0.15, 0.2) is 5.88 Å². The second kappa shape index (κ2) is 3.42. The second-order valence-corrected chi connectivity index (χ2v) is 4.23. The van der Waals surface area contributed by atoms with E-state index in [1.165, 1.54) is 0 Å². The van der Waals surface area contributed by atoms with Crippen molar-refractivity contribution >= 4 is 5.88 Å². The summed E-state index contributed by atoms with van der Waals surface area (Å²) in [5, 5.41) is 0. The van der Waals surface area contributed by atoms with Crippen LogP contribution in [0.15, 0.2) is 16.5 Å². The minimum Gasteiger partial charge on any atom is -0.446 e. The predicted octanol–water partition coefficient (Wildman–Crippen LogP) is 1.76. The van der Waals surface area contributed by atoms with Gasteiger partial charge in [0.25, 0.3) is 0 Å². The van der Waals surface area contributed by atoms with E-state index < -0.39 is 0 Å². The first-order chi connectivity index (χ1) is 5.88. The molecule has 74 valence electrons. The number of nitrogens with zero attached hydrogens (tertiary/aromatic N) is 1. The molecule has 13 heavy (non-hydrogen) atoms. The lowest BCUT2D eigenvalue weighted by Gasteiger charge is -2.26. The van der Waals surface area contributed by atoms with Crippen LogP contribution in [0, 0.1) is 6.92 Å². The number of rotatable bonds is 3. The van der Waals surface area contributed by atoms with Crippen molar-refractivity contribution in [2.45, 2.75) is 26.3 Å². The van der Waals surface area contributed by atoms with E-state index in [1.807, 2.05) is 44.9 Å². The van der Waals surface area contributed by atoms with Gasteiger partial charge in [-0.25, -0.2) is 0 Å². The Hall–Kier alpha value is -0.960. The summed E-state index contributed by atoms with van der Waals surface area (Å²) in [5.74, 6) is 1.80. The summed E-state index contributed by atoms with van der Waals surface area (Å²) in [6.45, 7) is 6.71. The van der Waals surface area contributed by atoms with E-state index in [4.69, 9.17) is 10.2 Å². The molecule has 1 heterocycles. The molecular formula is C10H18N2O. The van der Waals surface area contributed by atoms with Gasteiger partial charge >= 0.3 is 0 Å². The molecule has 1 aromatic rings. The number of furan rings is 1. The van der Waals surface area contributed by atoms with Crippen LogP contribution in [0.4, 0.5) is 5.88 Å². The molecule has 0 spiro atoms. The highest BCUT2D eigenvalue weighted by Crippen LogP contribution is 2.17. The van der Waals surface area contributed by atoms with Crippen LogP contribution in [0.25, 0.3) is 0 Å². The lowest BCUT2D eigenvalue weighted by molar-refractivity contribution is 0.476. The number of aryl methyl sites for hydroxylation is 1. The number of anilines is 1. The Balaban J connectivity index is 2.64. The summed E-state index contributed by atoms with van der Waals surface area (Å²) in [4.78, 5) is 2.02. The van der Waals surface area contributed by atoms with Crippen molar-refractivity contribution in [2.75, 3.05) is 18.5 Å². The van der Waals surface area contributed by atoms with Crippen LogP contribution in [0.1, 0.15) is 19.6 Å². The number of likely N-dealkylation sites (N-methyl/N-ethyl adjacent to an activating group) is 1. The van der Waals surface area contributed by atoms with Crippen molar-refractivity contribution in [2.24, 2.45) is 5.73 Å². The Kier molecular flexibility index (Phi) is 2.66. The zero-order valence-electron chi connectivity index (χ0n) is 8.79. The van der Waals surface area contributed by atoms with Gasteiger partial charge in [0.1, 0.15) is 5.76 Å². The van der Waals surface area contributed by atoms with Crippen molar-refractivity contribution < 1.29 is 4.42 Å². The SMILES string of the molecule is Cc1ccc(N(C)CC(C)(C)N)o1. The Morgan fingerprint density at radius 3 is 2.46 bits per heavy atom. The molecular weight excluding hydrogens is 164 g/mol. The van der Waals surface area contributed by atoms with Gasteiger partial charge in [-0.2, -0.15) is 0 Å². The highest BCUT2D eigenvalue weighted by Gasteiger charge is 2.15. The zero-order valence-corrected chi connectivity index (χ0v) is 8.79. The van der Waals surface area contributed by atoms with Crippen LogP contribution in [0.2, 0.25) is 0 Å². The standard InChI is InChI=1S/C10H18N2O/c1-8-5-6-9(13-8)12(4)7-10(2,3)11/h5-6H,7,11H2,1-4H3. The third-order valence-electron chi connectivity index (χ3n) is 1.75. The Morgan fingerprint density at radius 2 is 2.08 bits per heavy atom. The first-order valence-electron chi connectivity index (χ1n) is 4.45. The van der Waals surface area contributed by atoms with Gasteiger partial charge in [-0.15, -0.1) is 0 Å². The summed E-state index contributed by atoms with van der Waals surface area (Å²) in [5.41, 5.74) is 5.70. The largest absolute Gasteiger partial charge is 0.446 e. The van der Waals surface area contributed by atoms with Crippen LogP contribution in [0.3, 0.4) is 0 Å². The minimum atomic E-state index is -0.199. The molecule has 0 radical (unpaired) electrons. The monoisotopic (exact) mass is 182 g/mol. The van der Waals surface area contributed by atoms with Gasteiger partial charge in [-0.1, -0.05) is 0 Å². The van der Waals surface area contributed by atoms with E-state index in [-0.39, 0.29) is 5.54 Å². The molecule has 0 atom stereocenters. The average molecular weight is 182 g/mol. The topological polar surface area (TPSA) is 42.4 Å². The molecule has 0 aliphatic carbocycles. The van der Waals surface area contributed by atoms with Crippen LogP contribution < -0.4 is 10.6 Å². The molecule has 0 saturated heterocycles. The highest BCUT2D eigenvalue weighted by molar-refractivity contribution is 5.35. The molecule has 1 aromatic heterocycles. The molecule has 0 aromatic carbocycles. The minimum absolute atomic E-state index is 0.199. The normalized spacial score (nSPS) is 11.8. The third-order valence-corrected chi connectivity index (χ3v) is 1.75. The van der Waals surface area contributed by atoms with Gasteiger partial charge in [-0.05, 0) is 26.8 Å². The van der Waals surface area contributed by atoms with E-state index in [2.05, 4.69) is 0 Å². The van der Waals surface area contributed by atoms with Gasteiger partial charge in [0, 0.05) is 25.2 Å². The van der Waals surface area contributed by atoms with E-state index in [1.54, 1.807) is 0 Å². The maximum absolute atomic E-state index is 5.90. The number of hydrogen-bond acceptors (Lipinski definition) is 3.